The SMILES string of the molecule is O=C(O)c1ccc(OC(F)=C(F)C(F)(F)C(F)(F)C(F)(F)C(F)(F)F)cc1. The van der Waals surface area contributed by atoms with Crippen LogP contribution in [0.3, 0.4) is 0 Å². The first-order chi connectivity index (χ1) is 12.0. The zero-order valence-electron chi connectivity index (χ0n) is 12.2. The molecule has 1 aromatic carbocycles. The van der Waals surface area contributed by atoms with E-state index in [0.29, 0.717) is 24.3 Å². The summed E-state index contributed by atoms with van der Waals surface area (Å²) >= 11 is 0. The van der Waals surface area contributed by atoms with E-state index in [1.165, 1.54) is 0 Å². The number of alkyl halides is 9. The number of carbonyl (C=O) groups is 1. The molecule has 0 spiro atoms. The molecule has 0 amide bonds. The maximum absolute atomic E-state index is 13.3. The second-order valence-corrected chi connectivity index (χ2v) is 4.74. The third-order valence-corrected chi connectivity index (χ3v) is 2.90. The van der Waals surface area contributed by atoms with Crippen LogP contribution < -0.4 is 4.74 Å². The highest BCUT2D eigenvalue weighted by Gasteiger charge is 2.83. The van der Waals surface area contributed by atoms with Gasteiger partial charge in [-0.05, 0) is 24.3 Å². The van der Waals surface area contributed by atoms with Crippen LogP contribution in [0.15, 0.2) is 36.1 Å². The predicted molar refractivity (Wildman–Crippen MR) is 64.2 cm³/mol. The smallest absolute Gasteiger partial charge is 0.460 e. The second kappa shape index (κ2) is 6.88. The Kier molecular flexibility index (Phi) is 5.74. The van der Waals surface area contributed by atoms with E-state index in [1.54, 1.807) is 0 Å². The highest BCUT2D eigenvalue weighted by molar-refractivity contribution is 5.87. The lowest BCUT2D eigenvalue weighted by atomic mass is 10.0. The van der Waals surface area contributed by atoms with Crippen LogP contribution in [0.2, 0.25) is 0 Å². The maximum Gasteiger partial charge on any atom is 0.460 e. The molecule has 3 nitrogen and oxygen atoms in total. The number of carboxylic acid groups (broad SMARTS) is 1. The molecule has 0 aromatic heterocycles. The molecule has 0 aliphatic carbocycles. The van der Waals surface area contributed by atoms with Gasteiger partial charge in [-0.15, -0.1) is 0 Å². The maximum atomic E-state index is 13.3. The Hall–Kier alpha value is -2.54. The Morgan fingerprint density at radius 1 is 0.815 bits per heavy atom. The summed E-state index contributed by atoms with van der Waals surface area (Å²) in [6, 6.07) is -0.810. The Labute approximate surface area is 141 Å². The number of aromatic carboxylic acids is 1. The van der Waals surface area contributed by atoms with Gasteiger partial charge in [0.15, 0.2) is 0 Å². The molecule has 0 aliphatic rings. The van der Waals surface area contributed by atoms with E-state index < -0.39 is 53.1 Å². The van der Waals surface area contributed by atoms with Crippen molar-refractivity contribution in [3.05, 3.63) is 41.7 Å². The van der Waals surface area contributed by atoms with E-state index in [-0.39, 0.29) is 0 Å². The minimum Gasteiger partial charge on any atom is -0.478 e. The van der Waals surface area contributed by atoms with Crippen molar-refractivity contribution in [2.45, 2.75) is 23.9 Å². The van der Waals surface area contributed by atoms with Crippen LogP contribution in [-0.4, -0.2) is 35.0 Å². The molecular weight excluding hydrogens is 413 g/mol. The van der Waals surface area contributed by atoms with Gasteiger partial charge in [-0.2, -0.15) is 48.3 Å². The van der Waals surface area contributed by atoms with Gasteiger partial charge in [0.2, 0.25) is 5.83 Å². The van der Waals surface area contributed by atoms with Crippen LogP contribution in [0.4, 0.5) is 48.3 Å². The number of halogens is 11. The van der Waals surface area contributed by atoms with E-state index in [1.807, 2.05) is 0 Å². The third-order valence-electron chi connectivity index (χ3n) is 2.90. The predicted octanol–water partition coefficient (Wildman–Crippen LogP) is 5.34. The second-order valence-electron chi connectivity index (χ2n) is 4.74. The number of benzene rings is 1. The Bertz CT molecular complexity index is 735. The number of carboxylic acids is 1. The van der Waals surface area contributed by atoms with Crippen molar-refractivity contribution in [2.75, 3.05) is 0 Å². The van der Waals surface area contributed by atoms with Crippen molar-refractivity contribution in [1.29, 1.82) is 0 Å². The van der Waals surface area contributed by atoms with Crippen LogP contribution in [0.5, 0.6) is 5.75 Å². The van der Waals surface area contributed by atoms with Gasteiger partial charge < -0.3 is 9.84 Å². The summed E-state index contributed by atoms with van der Waals surface area (Å²) in [4.78, 5) is 10.5. The van der Waals surface area contributed by atoms with Crippen LogP contribution >= 0.6 is 0 Å². The fraction of sp³-hybridized carbons (Fsp3) is 0.308. The molecule has 14 heteroatoms. The van der Waals surface area contributed by atoms with Crippen molar-refractivity contribution < 1.29 is 62.9 Å². The van der Waals surface area contributed by atoms with E-state index in [2.05, 4.69) is 4.74 Å². The number of rotatable bonds is 6. The molecule has 0 heterocycles. The van der Waals surface area contributed by atoms with Crippen LogP contribution in [-0.2, 0) is 0 Å². The van der Waals surface area contributed by atoms with Gasteiger partial charge in [0.1, 0.15) is 5.75 Å². The van der Waals surface area contributed by atoms with Crippen LogP contribution in [0.1, 0.15) is 10.4 Å². The molecule has 0 radical (unpaired) electrons. The molecule has 0 saturated carbocycles. The fourth-order valence-corrected chi connectivity index (χ4v) is 1.45. The zero-order valence-corrected chi connectivity index (χ0v) is 12.2. The minimum absolute atomic E-state index is 0.450. The number of hydrogen-bond donors (Lipinski definition) is 1. The highest BCUT2D eigenvalue weighted by Crippen LogP contribution is 2.55. The Morgan fingerprint density at radius 2 is 1.26 bits per heavy atom. The summed E-state index contributed by atoms with van der Waals surface area (Å²) in [5, 5.41) is 8.55. The van der Waals surface area contributed by atoms with E-state index in [0.717, 1.165) is 0 Å². The van der Waals surface area contributed by atoms with Gasteiger partial charge in [0.05, 0.1) is 5.56 Å². The summed E-state index contributed by atoms with van der Waals surface area (Å²) in [7, 11) is 0. The molecule has 0 fully saturated rings. The minimum atomic E-state index is -7.41. The van der Waals surface area contributed by atoms with Gasteiger partial charge in [0.25, 0.3) is 0 Å². The first-order valence-electron chi connectivity index (χ1n) is 6.24. The van der Waals surface area contributed by atoms with Crippen molar-refractivity contribution in [3.8, 4) is 5.75 Å². The number of ether oxygens (including phenoxy) is 1. The van der Waals surface area contributed by atoms with Crippen LogP contribution in [0, 0.1) is 0 Å². The van der Waals surface area contributed by atoms with Gasteiger partial charge >= 0.3 is 35.9 Å². The lowest BCUT2D eigenvalue weighted by molar-refractivity contribution is -0.392. The molecule has 27 heavy (non-hydrogen) atoms. The van der Waals surface area contributed by atoms with Crippen molar-refractivity contribution >= 4 is 5.97 Å². The summed E-state index contributed by atoms with van der Waals surface area (Å²) in [5.74, 6) is -28.3. The molecule has 0 bridgehead atoms. The molecular formula is C13H5F11O3. The van der Waals surface area contributed by atoms with Gasteiger partial charge in [-0.3, -0.25) is 0 Å². The number of allylic oxidation sites excluding steroid dienone is 1. The number of hydrogen-bond acceptors (Lipinski definition) is 2. The first kappa shape index (κ1) is 22.5. The third kappa shape index (κ3) is 3.93. The van der Waals surface area contributed by atoms with E-state index >= 15 is 0 Å². The standard InChI is InChI=1S/C13H5F11O3/c14-7(8(15)27-6-3-1-5(2-4-6)9(25)26)10(16,17)11(18,19)12(20,21)13(22,23)24/h1-4H,(H,25,26). The molecule has 0 saturated heterocycles. The Morgan fingerprint density at radius 3 is 1.63 bits per heavy atom. The van der Waals surface area contributed by atoms with E-state index in [9.17, 15) is 53.1 Å². The molecule has 1 aromatic rings. The Balaban J connectivity index is 3.25. The topological polar surface area (TPSA) is 46.5 Å². The summed E-state index contributed by atoms with van der Waals surface area (Å²) in [5.41, 5.74) is -0.450. The zero-order chi connectivity index (χ0) is 21.4. The lowest BCUT2D eigenvalue weighted by Gasteiger charge is -2.32. The molecule has 1 N–H and O–H groups in total. The molecule has 152 valence electrons. The fourth-order valence-electron chi connectivity index (χ4n) is 1.45. The first-order valence-corrected chi connectivity index (χ1v) is 6.24. The molecule has 1 rings (SSSR count). The van der Waals surface area contributed by atoms with E-state index in [4.69, 9.17) is 5.11 Å². The quantitative estimate of drug-likeness (QED) is 0.501. The average molecular weight is 418 g/mol. The summed E-state index contributed by atoms with van der Waals surface area (Å²) in [6.07, 6.45) is -7.20. The normalized spacial score (nSPS) is 14.6. The highest BCUT2D eigenvalue weighted by atomic mass is 19.4. The summed E-state index contributed by atoms with van der Waals surface area (Å²) in [6.45, 7) is 0. The summed E-state index contributed by atoms with van der Waals surface area (Å²) < 4.78 is 143. The largest absolute Gasteiger partial charge is 0.478 e. The van der Waals surface area contributed by atoms with Crippen molar-refractivity contribution in [3.63, 3.8) is 0 Å². The molecule has 0 atom stereocenters. The van der Waals surface area contributed by atoms with Gasteiger partial charge in [-0.25, -0.2) is 4.79 Å². The van der Waals surface area contributed by atoms with Crippen molar-refractivity contribution in [2.24, 2.45) is 0 Å². The molecule has 0 aliphatic heterocycles. The molecule has 0 unspecified atom stereocenters. The monoisotopic (exact) mass is 418 g/mol. The average Bonchev–Trinajstić information content (AvgIpc) is 2.52. The van der Waals surface area contributed by atoms with Gasteiger partial charge in [-0.1, -0.05) is 0 Å². The van der Waals surface area contributed by atoms with Gasteiger partial charge in [0, 0.05) is 0 Å². The lowest BCUT2D eigenvalue weighted by Crippen LogP contribution is -2.61. The van der Waals surface area contributed by atoms with Crippen LogP contribution in [0.25, 0.3) is 0 Å². The van der Waals surface area contributed by atoms with Crippen molar-refractivity contribution in [1.82, 2.24) is 0 Å².